The fourth-order valence-electron chi connectivity index (χ4n) is 3.45. The number of ether oxygens (including phenoxy) is 2. The highest BCUT2D eigenvalue weighted by molar-refractivity contribution is 5.89. The van der Waals surface area contributed by atoms with Crippen LogP contribution in [0.3, 0.4) is 0 Å². The SMILES string of the molecule is CC(C)(C)c1cc(C(N)c2ccc3c(c2)OC(F)(F)O3)c(O)c2ncccc12. The monoisotopic (exact) mass is 386 g/mol. The van der Waals surface area contributed by atoms with Crippen LogP contribution in [-0.2, 0) is 5.41 Å². The molecule has 0 saturated heterocycles. The number of nitrogens with zero attached hydrogens (tertiary/aromatic N) is 1. The van der Waals surface area contributed by atoms with Gasteiger partial charge in [-0.1, -0.05) is 32.9 Å². The number of hydrogen-bond donors (Lipinski definition) is 2. The Morgan fingerprint density at radius 2 is 1.82 bits per heavy atom. The van der Waals surface area contributed by atoms with Gasteiger partial charge in [-0.3, -0.25) is 4.98 Å². The average Bonchev–Trinajstić information content (AvgIpc) is 2.93. The summed E-state index contributed by atoms with van der Waals surface area (Å²) in [6.45, 7) is 6.18. The lowest BCUT2D eigenvalue weighted by Crippen LogP contribution is -2.25. The van der Waals surface area contributed by atoms with Gasteiger partial charge in [0.15, 0.2) is 11.5 Å². The second kappa shape index (κ2) is 6.04. The van der Waals surface area contributed by atoms with E-state index < -0.39 is 12.3 Å². The normalized spacial score (nSPS) is 16.4. The molecule has 1 aromatic heterocycles. The molecule has 0 spiro atoms. The zero-order chi connectivity index (χ0) is 20.3. The van der Waals surface area contributed by atoms with Crippen LogP contribution in [0.4, 0.5) is 8.78 Å². The lowest BCUT2D eigenvalue weighted by atomic mass is 9.82. The van der Waals surface area contributed by atoms with Crippen molar-refractivity contribution in [3.05, 3.63) is 59.3 Å². The van der Waals surface area contributed by atoms with Crippen LogP contribution in [0.1, 0.15) is 43.5 Å². The van der Waals surface area contributed by atoms with Crippen molar-refractivity contribution in [3.8, 4) is 17.2 Å². The largest absolute Gasteiger partial charge is 0.586 e. The molecule has 4 rings (SSSR count). The summed E-state index contributed by atoms with van der Waals surface area (Å²) in [7, 11) is 0. The molecular weight excluding hydrogens is 366 g/mol. The van der Waals surface area contributed by atoms with E-state index in [-0.39, 0.29) is 22.7 Å². The van der Waals surface area contributed by atoms with Gasteiger partial charge in [0.25, 0.3) is 0 Å². The molecule has 1 atom stereocenters. The van der Waals surface area contributed by atoms with Crippen LogP contribution < -0.4 is 15.2 Å². The van der Waals surface area contributed by atoms with Gasteiger partial charge >= 0.3 is 6.29 Å². The molecule has 1 aliphatic rings. The van der Waals surface area contributed by atoms with Crippen LogP contribution in [0.25, 0.3) is 10.9 Å². The number of phenols is 1. The Balaban J connectivity index is 1.85. The molecule has 0 fully saturated rings. The van der Waals surface area contributed by atoms with E-state index in [9.17, 15) is 13.9 Å². The molecule has 0 saturated carbocycles. The number of phenolic OH excluding ortho intramolecular Hbond substituents is 1. The predicted molar refractivity (Wildman–Crippen MR) is 101 cm³/mol. The molecule has 0 amide bonds. The Labute approximate surface area is 160 Å². The molecular formula is C21H20F2N2O3. The van der Waals surface area contributed by atoms with Gasteiger partial charge in [0.2, 0.25) is 0 Å². The Kier molecular flexibility index (Phi) is 3.97. The van der Waals surface area contributed by atoms with E-state index in [2.05, 4.69) is 35.2 Å². The van der Waals surface area contributed by atoms with Crippen LogP contribution in [0, 0.1) is 0 Å². The van der Waals surface area contributed by atoms with Crippen molar-refractivity contribution >= 4 is 10.9 Å². The third-order valence-corrected chi connectivity index (χ3v) is 4.82. The molecule has 7 heteroatoms. The minimum Gasteiger partial charge on any atom is -0.505 e. The number of alkyl halides is 2. The summed E-state index contributed by atoms with van der Waals surface area (Å²) in [5.74, 6) is -0.174. The van der Waals surface area contributed by atoms with Gasteiger partial charge < -0.3 is 20.3 Å². The van der Waals surface area contributed by atoms with Gasteiger partial charge in [0, 0.05) is 17.1 Å². The molecule has 1 aliphatic heterocycles. The van der Waals surface area contributed by atoms with Crippen molar-refractivity contribution in [2.24, 2.45) is 5.73 Å². The highest BCUT2D eigenvalue weighted by Crippen LogP contribution is 2.44. The fourth-order valence-corrected chi connectivity index (χ4v) is 3.45. The van der Waals surface area contributed by atoms with Crippen LogP contribution in [-0.4, -0.2) is 16.4 Å². The van der Waals surface area contributed by atoms with Gasteiger partial charge in [-0.25, -0.2) is 0 Å². The third kappa shape index (κ3) is 3.01. The van der Waals surface area contributed by atoms with Crippen molar-refractivity contribution < 1.29 is 23.4 Å². The van der Waals surface area contributed by atoms with Gasteiger partial charge in [0.1, 0.15) is 11.3 Å². The zero-order valence-corrected chi connectivity index (χ0v) is 15.7. The zero-order valence-electron chi connectivity index (χ0n) is 15.7. The number of aromatic hydroxyl groups is 1. The molecule has 146 valence electrons. The van der Waals surface area contributed by atoms with E-state index in [0.29, 0.717) is 16.6 Å². The molecule has 2 aromatic carbocycles. The number of benzene rings is 2. The molecule has 0 bridgehead atoms. The Morgan fingerprint density at radius 1 is 1.11 bits per heavy atom. The first kappa shape index (κ1) is 18.4. The predicted octanol–water partition coefficient (Wildman–Crippen LogP) is 4.61. The molecule has 3 N–H and O–H groups in total. The maximum absolute atomic E-state index is 13.3. The second-order valence-corrected chi connectivity index (χ2v) is 7.86. The van der Waals surface area contributed by atoms with Crippen molar-refractivity contribution in [1.82, 2.24) is 4.98 Å². The first-order chi connectivity index (χ1) is 13.1. The number of aromatic nitrogens is 1. The smallest absolute Gasteiger partial charge is 0.505 e. The Bertz CT molecular complexity index is 1080. The first-order valence-corrected chi connectivity index (χ1v) is 8.83. The summed E-state index contributed by atoms with van der Waals surface area (Å²) in [6.07, 6.45) is -2.09. The van der Waals surface area contributed by atoms with Gasteiger partial charge in [-0.15, -0.1) is 8.78 Å². The summed E-state index contributed by atoms with van der Waals surface area (Å²) in [6, 6.07) is 9.16. The van der Waals surface area contributed by atoms with E-state index >= 15 is 0 Å². The lowest BCUT2D eigenvalue weighted by molar-refractivity contribution is -0.286. The number of nitrogens with two attached hydrogens (primary N) is 1. The van der Waals surface area contributed by atoms with Crippen molar-refractivity contribution in [1.29, 1.82) is 0 Å². The summed E-state index contributed by atoms with van der Waals surface area (Å²) in [5.41, 5.74) is 8.58. The summed E-state index contributed by atoms with van der Waals surface area (Å²) in [4.78, 5) is 4.32. The number of hydrogen-bond acceptors (Lipinski definition) is 5. The fraction of sp³-hybridized carbons (Fsp3) is 0.286. The number of halogens is 2. The van der Waals surface area contributed by atoms with E-state index in [1.54, 1.807) is 12.3 Å². The van der Waals surface area contributed by atoms with E-state index in [4.69, 9.17) is 5.73 Å². The van der Waals surface area contributed by atoms with Gasteiger partial charge in [-0.05, 0) is 40.8 Å². The van der Waals surface area contributed by atoms with Crippen LogP contribution >= 0.6 is 0 Å². The maximum atomic E-state index is 13.3. The number of pyridine rings is 1. The van der Waals surface area contributed by atoms with Crippen LogP contribution in [0.2, 0.25) is 0 Å². The minimum absolute atomic E-state index is 0.0286. The minimum atomic E-state index is -3.69. The third-order valence-electron chi connectivity index (χ3n) is 4.82. The Morgan fingerprint density at radius 3 is 2.54 bits per heavy atom. The molecule has 5 nitrogen and oxygen atoms in total. The number of rotatable bonds is 2. The molecule has 3 aromatic rings. The van der Waals surface area contributed by atoms with Gasteiger partial charge in [0.05, 0.1) is 6.04 Å². The van der Waals surface area contributed by atoms with Gasteiger partial charge in [-0.2, -0.15) is 0 Å². The van der Waals surface area contributed by atoms with E-state index in [1.807, 2.05) is 18.2 Å². The van der Waals surface area contributed by atoms with Crippen molar-refractivity contribution in [3.63, 3.8) is 0 Å². The van der Waals surface area contributed by atoms with Crippen LogP contribution in [0.15, 0.2) is 42.6 Å². The average molecular weight is 386 g/mol. The van der Waals surface area contributed by atoms with Crippen molar-refractivity contribution in [2.75, 3.05) is 0 Å². The first-order valence-electron chi connectivity index (χ1n) is 8.83. The lowest BCUT2D eigenvalue weighted by Gasteiger charge is -2.25. The second-order valence-electron chi connectivity index (χ2n) is 7.86. The summed E-state index contributed by atoms with van der Waals surface area (Å²) >= 11 is 0. The highest BCUT2D eigenvalue weighted by Gasteiger charge is 2.43. The standard InChI is InChI=1S/C21H20F2N2O3/c1-20(2,3)14-10-13(19(26)18-12(14)5-4-8-25-18)17(24)11-6-7-15-16(9-11)28-21(22,23)27-15/h4-10,17,26H,24H2,1-3H3. The molecule has 28 heavy (non-hydrogen) atoms. The maximum Gasteiger partial charge on any atom is 0.586 e. The summed E-state index contributed by atoms with van der Waals surface area (Å²) < 4.78 is 35.5. The highest BCUT2D eigenvalue weighted by atomic mass is 19.3. The molecule has 0 radical (unpaired) electrons. The molecule has 2 heterocycles. The van der Waals surface area contributed by atoms with Crippen LogP contribution in [0.5, 0.6) is 17.2 Å². The van der Waals surface area contributed by atoms with E-state index in [0.717, 1.165) is 10.9 Å². The number of fused-ring (bicyclic) bond motifs is 2. The quantitative estimate of drug-likeness (QED) is 0.673. The van der Waals surface area contributed by atoms with Crippen molar-refractivity contribution in [2.45, 2.75) is 38.5 Å². The summed E-state index contributed by atoms with van der Waals surface area (Å²) in [5, 5.41) is 11.7. The Hall–Kier alpha value is -2.93. The molecule has 0 aliphatic carbocycles. The molecule has 1 unspecified atom stereocenters. The topological polar surface area (TPSA) is 77.6 Å². The van der Waals surface area contributed by atoms with E-state index in [1.165, 1.54) is 12.1 Å².